The molecule has 0 spiro atoms. The van der Waals surface area contributed by atoms with Gasteiger partial charge in [-0.3, -0.25) is 0 Å². The van der Waals surface area contributed by atoms with Gasteiger partial charge in [-0.05, 0) is 29.5 Å². The number of benzene rings is 1. The van der Waals surface area contributed by atoms with Gasteiger partial charge in [-0.1, -0.05) is 32.9 Å². The summed E-state index contributed by atoms with van der Waals surface area (Å²) in [6.45, 7) is 6.71. The quantitative estimate of drug-likeness (QED) is 0.772. The van der Waals surface area contributed by atoms with E-state index in [0.29, 0.717) is 5.89 Å². The molecule has 0 aliphatic carbocycles. The molecule has 0 amide bonds. The Hall–Kier alpha value is -1.57. The summed E-state index contributed by atoms with van der Waals surface area (Å²) >= 11 is 0. The third-order valence-corrected chi connectivity index (χ3v) is 3.21. The zero-order valence-corrected chi connectivity index (χ0v) is 10.0. The van der Waals surface area contributed by atoms with E-state index in [1.807, 2.05) is 6.07 Å². The van der Waals surface area contributed by atoms with Crippen LogP contribution in [0, 0.1) is 0 Å². The molecule has 0 fully saturated rings. The zero-order valence-electron chi connectivity index (χ0n) is 10.0. The van der Waals surface area contributed by atoms with Gasteiger partial charge >= 0.3 is 0 Å². The number of hydrogen-bond acceptors (Lipinski definition) is 2. The molecule has 2 rings (SSSR count). The van der Waals surface area contributed by atoms with E-state index < -0.39 is 0 Å². The summed E-state index contributed by atoms with van der Waals surface area (Å²) in [4.78, 5) is 4.17. The second kappa shape index (κ2) is 4.12. The fourth-order valence-electron chi connectivity index (χ4n) is 1.64. The van der Waals surface area contributed by atoms with Crippen LogP contribution in [0.15, 0.2) is 41.1 Å². The van der Waals surface area contributed by atoms with Crippen molar-refractivity contribution < 1.29 is 4.42 Å². The average molecular weight is 215 g/mol. The Morgan fingerprint density at radius 3 is 2.75 bits per heavy atom. The summed E-state index contributed by atoms with van der Waals surface area (Å²) in [6, 6.07) is 8.42. The van der Waals surface area contributed by atoms with Crippen molar-refractivity contribution in [2.45, 2.75) is 32.6 Å². The van der Waals surface area contributed by atoms with Crippen LogP contribution in [0.1, 0.15) is 32.8 Å². The van der Waals surface area contributed by atoms with E-state index >= 15 is 0 Å². The van der Waals surface area contributed by atoms with E-state index in [0.717, 1.165) is 12.0 Å². The highest BCUT2D eigenvalue weighted by Gasteiger charge is 2.18. The van der Waals surface area contributed by atoms with Crippen LogP contribution in [0.4, 0.5) is 0 Å². The van der Waals surface area contributed by atoms with Crippen LogP contribution in [0.5, 0.6) is 0 Å². The first kappa shape index (κ1) is 10.9. The number of nitrogens with zero attached hydrogens (tertiary/aromatic N) is 1. The smallest absolute Gasteiger partial charge is 0.225 e. The maximum Gasteiger partial charge on any atom is 0.225 e. The Bertz CT molecular complexity index is 457. The fourth-order valence-corrected chi connectivity index (χ4v) is 1.64. The first-order chi connectivity index (χ1) is 7.63. The molecule has 2 aromatic rings. The SMILES string of the molecule is CCC(C)(C)c1cccc(-c2ncco2)c1. The monoisotopic (exact) mass is 215 g/mol. The van der Waals surface area contributed by atoms with Gasteiger partial charge < -0.3 is 4.42 Å². The molecule has 1 aromatic heterocycles. The van der Waals surface area contributed by atoms with Crippen molar-refractivity contribution in [3.63, 3.8) is 0 Å². The highest BCUT2D eigenvalue weighted by Crippen LogP contribution is 2.29. The summed E-state index contributed by atoms with van der Waals surface area (Å²) < 4.78 is 5.31. The van der Waals surface area contributed by atoms with E-state index in [2.05, 4.69) is 44.0 Å². The summed E-state index contributed by atoms with van der Waals surface area (Å²) in [5, 5.41) is 0. The van der Waals surface area contributed by atoms with Gasteiger partial charge in [0.05, 0.1) is 6.20 Å². The molecule has 0 aliphatic heterocycles. The van der Waals surface area contributed by atoms with Gasteiger partial charge in [0.2, 0.25) is 5.89 Å². The Morgan fingerprint density at radius 1 is 1.31 bits per heavy atom. The maximum atomic E-state index is 5.31. The summed E-state index contributed by atoms with van der Waals surface area (Å²) in [5.41, 5.74) is 2.57. The van der Waals surface area contributed by atoms with Gasteiger partial charge in [0.15, 0.2) is 0 Å². The third kappa shape index (κ3) is 2.01. The molecule has 0 saturated heterocycles. The Morgan fingerprint density at radius 2 is 2.12 bits per heavy atom. The fraction of sp³-hybridized carbons (Fsp3) is 0.357. The van der Waals surface area contributed by atoms with Crippen LogP contribution >= 0.6 is 0 Å². The lowest BCUT2D eigenvalue weighted by atomic mass is 9.82. The van der Waals surface area contributed by atoms with Crippen molar-refractivity contribution in [1.82, 2.24) is 4.98 Å². The molecule has 1 aromatic carbocycles. The second-order valence-corrected chi connectivity index (χ2v) is 4.66. The molecule has 0 N–H and O–H groups in total. The minimum absolute atomic E-state index is 0.197. The number of aromatic nitrogens is 1. The van der Waals surface area contributed by atoms with Gasteiger partial charge in [0.25, 0.3) is 0 Å². The Balaban J connectivity index is 2.41. The highest BCUT2D eigenvalue weighted by atomic mass is 16.3. The molecule has 1 heterocycles. The van der Waals surface area contributed by atoms with Gasteiger partial charge in [-0.25, -0.2) is 4.98 Å². The van der Waals surface area contributed by atoms with Crippen molar-refractivity contribution in [2.24, 2.45) is 0 Å². The van der Waals surface area contributed by atoms with Crippen molar-refractivity contribution in [2.75, 3.05) is 0 Å². The van der Waals surface area contributed by atoms with Crippen LogP contribution in [0.3, 0.4) is 0 Å². The average Bonchev–Trinajstić information content (AvgIpc) is 2.83. The number of rotatable bonds is 3. The highest BCUT2D eigenvalue weighted by molar-refractivity contribution is 5.54. The van der Waals surface area contributed by atoms with Crippen LogP contribution in [-0.2, 0) is 5.41 Å². The molecule has 0 aliphatic rings. The van der Waals surface area contributed by atoms with E-state index in [4.69, 9.17) is 4.42 Å². The largest absolute Gasteiger partial charge is 0.445 e. The van der Waals surface area contributed by atoms with Crippen LogP contribution in [0.25, 0.3) is 11.5 Å². The van der Waals surface area contributed by atoms with Gasteiger partial charge in [-0.15, -0.1) is 0 Å². The molecule has 0 unspecified atom stereocenters. The molecular weight excluding hydrogens is 198 g/mol. The summed E-state index contributed by atoms with van der Waals surface area (Å²) in [5.74, 6) is 0.689. The van der Waals surface area contributed by atoms with Crippen molar-refractivity contribution in [3.05, 3.63) is 42.3 Å². The van der Waals surface area contributed by atoms with Crippen LogP contribution in [-0.4, -0.2) is 4.98 Å². The topological polar surface area (TPSA) is 26.0 Å². The van der Waals surface area contributed by atoms with E-state index in [-0.39, 0.29) is 5.41 Å². The minimum atomic E-state index is 0.197. The lowest BCUT2D eigenvalue weighted by Gasteiger charge is -2.23. The molecular formula is C14H17NO. The minimum Gasteiger partial charge on any atom is -0.445 e. The van der Waals surface area contributed by atoms with Crippen molar-refractivity contribution >= 4 is 0 Å². The molecule has 0 radical (unpaired) electrons. The van der Waals surface area contributed by atoms with Gasteiger partial charge in [-0.2, -0.15) is 0 Å². The van der Waals surface area contributed by atoms with Crippen LogP contribution in [0.2, 0.25) is 0 Å². The Kier molecular flexibility index (Phi) is 2.82. The number of hydrogen-bond donors (Lipinski definition) is 0. The number of oxazole rings is 1. The molecule has 2 heteroatoms. The van der Waals surface area contributed by atoms with E-state index in [9.17, 15) is 0 Å². The predicted molar refractivity (Wildman–Crippen MR) is 65.3 cm³/mol. The van der Waals surface area contributed by atoms with Gasteiger partial charge in [0.1, 0.15) is 6.26 Å². The Labute approximate surface area is 96.3 Å². The molecule has 0 bridgehead atoms. The van der Waals surface area contributed by atoms with Crippen molar-refractivity contribution in [3.8, 4) is 11.5 Å². The van der Waals surface area contributed by atoms with Crippen molar-refractivity contribution in [1.29, 1.82) is 0 Å². The lowest BCUT2D eigenvalue weighted by molar-refractivity contribution is 0.506. The molecule has 84 valence electrons. The van der Waals surface area contributed by atoms with Gasteiger partial charge in [0, 0.05) is 5.56 Å². The molecule has 0 atom stereocenters. The molecule has 0 saturated carbocycles. The van der Waals surface area contributed by atoms with Crippen LogP contribution < -0.4 is 0 Å². The molecule has 2 nitrogen and oxygen atoms in total. The normalized spacial score (nSPS) is 11.7. The first-order valence-electron chi connectivity index (χ1n) is 5.64. The summed E-state index contributed by atoms with van der Waals surface area (Å²) in [7, 11) is 0. The third-order valence-electron chi connectivity index (χ3n) is 3.21. The summed E-state index contributed by atoms with van der Waals surface area (Å²) in [6.07, 6.45) is 4.39. The predicted octanol–water partition coefficient (Wildman–Crippen LogP) is 4.03. The lowest BCUT2D eigenvalue weighted by Crippen LogP contribution is -2.15. The van der Waals surface area contributed by atoms with E-state index in [1.165, 1.54) is 5.56 Å². The first-order valence-corrected chi connectivity index (χ1v) is 5.64. The zero-order chi connectivity index (χ0) is 11.6. The second-order valence-electron chi connectivity index (χ2n) is 4.66. The maximum absolute atomic E-state index is 5.31. The standard InChI is InChI=1S/C14H17NO/c1-4-14(2,3)12-7-5-6-11(10-12)13-15-8-9-16-13/h5-10H,4H2,1-3H3. The van der Waals surface area contributed by atoms with E-state index in [1.54, 1.807) is 12.5 Å². The molecule has 16 heavy (non-hydrogen) atoms.